The van der Waals surface area contributed by atoms with E-state index in [1.807, 2.05) is 44.2 Å². The quantitative estimate of drug-likeness (QED) is 0.678. The van der Waals surface area contributed by atoms with Crippen molar-refractivity contribution in [1.82, 2.24) is 0 Å². The van der Waals surface area contributed by atoms with E-state index in [1.54, 1.807) is 12.1 Å². The zero-order valence-electron chi connectivity index (χ0n) is 16.3. The minimum absolute atomic E-state index is 0.0409. The molecule has 0 saturated carbocycles. The van der Waals surface area contributed by atoms with Crippen molar-refractivity contribution in [3.05, 3.63) is 65.2 Å². The number of rotatable bonds is 8. The average molecular weight is 400 g/mol. The third-order valence-electron chi connectivity index (χ3n) is 4.32. The van der Waals surface area contributed by atoms with Crippen LogP contribution in [-0.4, -0.2) is 27.9 Å². The summed E-state index contributed by atoms with van der Waals surface area (Å²) in [7, 11) is 0. The molecule has 2 N–H and O–H groups in total. The standard InChI is InChI=1S/C22H25NO4S/c1-14(2)17-10-18(22(26)27)12-20(11-17)23-21(25)19(13-28-15(3)24)9-16-7-5-4-6-8-16/h4-8,10-12,14,19H,9,13H2,1-3H3,(H,23,25)(H,26,27). The number of benzene rings is 2. The Morgan fingerprint density at radius 2 is 1.75 bits per heavy atom. The lowest BCUT2D eigenvalue weighted by Gasteiger charge is -2.17. The summed E-state index contributed by atoms with van der Waals surface area (Å²) >= 11 is 1.12. The van der Waals surface area contributed by atoms with Gasteiger partial charge in [-0.1, -0.05) is 55.9 Å². The second-order valence-corrected chi connectivity index (χ2v) is 8.18. The van der Waals surface area contributed by atoms with Gasteiger partial charge in [0.1, 0.15) is 0 Å². The predicted molar refractivity (Wildman–Crippen MR) is 113 cm³/mol. The summed E-state index contributed by atoms with van der Waals surface area (Å²) < 4.78 is 0. The molecule has 1 amide bonds. The van der Waals surface area contributed by atoms with E-state index in [0.717, 1.165) is 22.9 Å². The molecule has 0 aliphatic rings. The first-order valence-electron chi connectivity index (χ1n) is 9.12. The molecule has 2 aromatic carbocycles. The lowest BCUT2D eigenvalue weighted by Crippen LogP contribution is -2.27. The van der Waals surface area contributed by atoms with Crippen LogP contribution in [0.25, 0.3) is 0 Å². The monoisotopic (exact) mass is 399 g/mol. The van der Waals surface area contributed by atoms with E-state index in [1.165, 1.54) is 13.0 Å². The number of anilines is 1. The Hall–Kier alpha value is -2.60. The molecule has 148 valence electrons. The molecule has 0 spiro atoms. The molecule has 0 aliphatic carbocycles. The minimum Gasteiger partial charge on any atom is -0.478 e. The number of thioether (sulfide) groups is 1. The van der Waals surface area contributed by atoms with Gasteiger partial charge >= 0.3 is 5.97 Å². The molecule has 0 fully saturated rings. The summed E-state index contributed by atoms with van der Waals surface area (Å²) in [6.45, 7) is 5.41. The molecule has 0 radical (unpaired) electrons. The topological polar surface area (TPSA) is 83.5 Å². The van der Waals surface area contributed by atoms with Crippen molar-refractivity contribution in [3.63, 3.8) is 0 Å². The van der Waals surface area contributed by atoms with Crippen molar-refractivity contribution in [2.45, 2.75) is 33.1 Å². The largest absolute Gasteiger partial charge is 0.478 e. The highest BCUT2D eigenvalue weighted by Gasteiger charge is 2.21. The summed E-state index contributed by atoms with van der Waals surface area (Å²) in [5.74, 6) is -1.18. The Bertz CT molecular complexity index is 849. The smallest absolute Gasteiger partial charge is 0.335 e. The van der Waals surface area contributed by atoms with Crippen LogP contribution in [0.2, 0.25) is 0 Å². The van der Waals surface area contributed by atoms with Gasteiger partial charge in [0, 0.05) is 18.4 Å². The highest BCUT2D eigenvalue weighted by Crippen LogP contribution is 2.23. The summed E-state index contributed by atoms with van der Waals surface area (Å²) in [6, 6.07) is 14.5. The molecular weight excluding hydrogens is 374 g/mol. The van der Waals surface area contributed by atoms with Crippen LogP contribution < -0.4 is 5.32 Å². The first-order chi connectivity index (χ1) is 13.3. The molecule has 0 saturated heterocycles. The maximum Gasteiger partial charge on any atom is 0.335 e. The van der Waals surface area contributed by atoms with Crippen LogP contribution in [0.3, 0.4) is 0 Å². The number of carbonyl (C=O) groups excluding carboxylic acids is 2. The normalized spacial score (nSPS) is 11.9. The highest BCUT2D eigenvalue weighted by atomic mass is 32.2. The number of amides is 1. The minimum atomic E-state index is -1.04. The van der Waals surface area contributed by atoms with Gasteiger partial charge in [0.15, 0.2) is 5.12 Å². The maximum atomic E-state index is 12.9. The number of hydrogen-bond donors (Lipinski definition) is 2. The SMILES string of the molecule is CC(=O)SCC(Cc1ccccc1)C(=O)Nc1cc(C(=O)O)cc(C(C)C)c1. The molecule has 2 rings (SSSR count). The number of nitrogens with one attached hydrogen (secondary N) is 1. The van der Waals surface area contributed by atoms with Gasteiger partial charge in [0.05, 0.1) is 11.5 Å². The van der Waals surface area contributed by atoms with Crippen LogP contribution in [0, 0.1) is 5.92 Å². The molecular formula is C22H25NO4S. The predicted octanol–water partition coefficient (Wildman–Crippen LogP) is 4.59. The van der Waals surface area contributed by atoms with Gasteiger partial charge in [-0.15, -0.1) is 0 Å². The van der Waals surface area contributed by atoms with Crippen LogP contribution in [-0.2, 0) is 16.0 Å². The molecule has 5 nitrogen and oxygen atoms in total. The van der Waals surface area contributed by atoms with E-state index in [4.69, 9.17) is 0 Å². The number of aromatic carboxylic acids is 1. The molecule has 1 atom stereocenters. The van der Waals surface area contributed by atoms with Crippen molar-refractivity contribution < 1.29 is 19.5 Å². The van der Waals surface area contributed by atoms with Crippen LogP contribution in [0.1, 0.15) is 48.2 Å². The van der Waals surface area contributed by atoms with Crippen molar-refractivity contribution in [1.29, 1.82) is 0 Å². The Morgan fingerprint density at radius 1 is 1.07 bits per heavy atom. The first-order valence-corrected chi connectivity index (χ1v) is 10.1. The van der Waals surface area contributed by atoms with Crippen molar-refractivity contribution >= 4 is 34.4 Å². The fourth-order valence-corrected chi connectivity index (χ4v) is 3.47. The van der Waals surface area contributed by atoms with Gasteiger partial charge in [0.2, 0.25) is 5.91 Å². The fourth-order valence-electron chi connectivity index (χ4n) is 2.77. The van der Waals surface area contributed by atoms with Crippen molar-refractivity contribution in [3.8, 4) is 0 Å². The fraction of sp³-hybridized carbons (Fsp3) is 0.318. The lowest BCUT2D eigenvalue weighted by molar-refractivity contribution is -0.119. The third-order valence-corrected chi connectivity index (χ3v) is 5.30. The van der Waals surface area contributed by atoms with Gasteiger partial charge in [-0.3, -0.25) is 9.59 Å². The summed E-state index contributed by atoms with van der Waals surface area (Å²) in [5, 5.41) is 12.2. The summed E-state index contributed by atoms with van der Waals surface area (Å²) in [5.41, 5.74) is 2.44. The highest BCUT2D eigenvalue weighted by molar-refractivity contribution is 8.13. The van der Waals surface area contributed by atoms with E-state index < -0.39 is 11.9 Å². The first kappa shape index (κ1) is 21.7. The molecule has 2 aromatic rings. The second-order valence-electron chi connectivity index (χ2n) is 6.98. The molecule has 0 aromatic heterocycles. The van der Waals surface area contributed by atoms with Crippen LogP contribution in [0.5, 0.6) is 0 Å². The Kier molecular flexibility index (Phi) is 7.81. The van der Waals surface area contributed by atoms with Gasteiger partial charge < -0.3 is 10.4 Å². The summed E-state index contributed by atoms with van der Waals surface area (Å²) in [6.07, 6.45) is 0.503. The lowest BCUT2D eigenvalue weighted by atomic mass is 9.98. The zero-order chi connectivity index (χ0) is 20.7. The van der Waals surface area contributed by atoms with Gasteiger partial charge in [0.25, 0.3) is 0 Å². The van der Waals surface area contributed by atoms with E-state index >= 15 is 0 Å². The molecule has 1 unspecified atom stereocenters. The average Bonchev–Trinajstić information content (AvgIpc) is 2.65. The molecule has 0 aliphatic heterocycles. The second kappa shape index (κ2) is 10.1. The Balaban J connectivity index is 2.23. The third kappa shape index (κ3) is 6.53. The van der Waals surface area contributed by atoms with Gasteiger partial charge in [-0.05, 0) is 41.7 Å². The van der Waals surface area contributed by atoms with Crippen molar-refractivity contribution in [2.75, 3.05) is 11.1 Å². The number of hydrogen-bond acceptors (Lipinski definition) is 4. The zero-order valence-corrected chi connectivity index (χ0v) is 17.1. The number of carboxylic acids is 1. The van der Waals surface area contributed by atoms with E-state index in [-0.39, 0.29) is 22.5 Å². The van der Waals surface area contributed by atoms with Gasteiger partial charge in [-0.25, -0.2) is 4.79 Å². The Labute approximate surface area is 169 Å². The molecule has 0 bridgehead atoms. The summed E-state index contributed by atoms with van der Waals surface area (Å²) in [4.78, 5) is 35.7. The van der Waals surface area contributed by atoms with Crippen LogP contribution in [0.4, 0.5) is 5.69 Å². The molecule has 28 heavy (non-hydrogen) atoms. The number of carboxylic acid groups (broad SMARTS) is 1. The Morgan fingerprint density at radius 3 is 2.32 bits per heavy atom. The van der Waals surface area contributed by atoms with Gasteiger partial charge in [-0.2, -0.15) is 0 Å². The van der Waals surface area contributed by atoms with E-state index in [9.17, 15) is 19.5 Å². The van der Waals surface area contributed by atoms with Crippen LogP contribution in [0.15, 0.2) is 48.5 Å². The molecule has 6 heteroatoms. The van der Waals surface area contributed by atoms with Crippen LogP contribution >= 0.6 is 11.8 Å². The maximum absolute atomic E-state index is 12.9. The number of carbonyl (C=O) groups is 3. The van der Waals surface area contributed by atoms with E-state index in [2.05, 4.69) is 5.32 Å². The van der Waals surface area contributed by atoms with E-state index in [0.29, 0.717) is 17.9 Å². The van der Waals surface area contributed by atoms with Crippen molar-refractivity contribution in [2.24, 2.45) is 5.92 Å². The molecule has 0 heterocycles.